The second kappa shape index (κ2) is 4.86. The molecule has 0 saturated heterocycles. The van der Waals surface area contributed by atoms with E-state index >= 15 is 0 Å². The van der Waals surface area contributed by atoms with Gasteiger partial charge in [0, 0.05) is 11.4 Å². The average molecular weight is 219 g/mol. The van der Waals surface area contributed by atoms with Gasteiger partial charge in [0.1, 0.15) is 0 Å². The van der Waals surface area contributed by atoms with Crippen molar-refractivity contribution >= 4 is 11.8 Å². The lowest BCUT2D eigenvalue weighted by Gasteiger charge is -2.21. The van der Waals surface area contributed by atoms with Crippen LogP contribution in [-0.4, -0.2) is 12.8 Å². The predicted octanol–water partition coefficient (Wildman–Crippen LogP) is 2.78. The van der Waals surface area contributed by atoms with E-state index in [1.54, 1.807) is 5.56 Å². The summed E-state index contributed by atoms with van der Waals surface area (Å²) in [4.78, 5) is 1.37. The van der Waals surface area contributed by atoms with Crippen LogP contribution in [0.25, 0.3) is 0 Å². The molecule has 0 aliphatic carbocycles. The zero-order valence-corrected chi connectivity index (χ0v) is 9.99. The average Bonchev–Trinajstić information content (AvgIpc) is 2.29. The fourth-order valence-electron chi connectivity index (χ4n) is 2.14. The third-order valence-electron chi connectivity index (χ3n) is 2.88. The van der Waals surface area contributed by atoms with Crippen LogP contribution in [0, 0.1) is 0 Å². The highest BCUT2D eigenvalue weighted by atomic mass is 32.2. The molecule has 2 heteroatoms. The first-order valence-corrected chi connectivity index (χ1v) is 6.58. The molecular formula is C13H17NS. The van der Waals surface area contributed by atoms with Crippen molar-refractivity contribution in [1.82, 2.24) is 5.32 Å². The fraction of sp³-hybridized carbons (Fsp3) is 0.385. The van der Waals surface area contributed by atoms with Crippen LogP contribution in [0.15, 0.2) is 29.7 Å². The highest BCUT2D eigenvalue weighted by molar-refractivity contribution is 7.98. The Bertz CT molecular complexity index is 371. The molecule has 0 saturated carbocycles. The van der Waals surface area contributed by atoms with Gasteiger partial charge in [0.15, 0.2) is 0 Å². The highest BCUT2D eigenvalue weighted by Crippen LogP contribution is 2.26. The van der Waals surface area contributed by atoms with Gasteiger partial charge < -0.3 is 5.32 Å². The molecule has 1 nitrogen and oxygen atoms in total. The van der Waals surface area contributed by atoms with E-state index in [9.17, 15) is 0 Å². The number of rotatable bonds is 3. The lowest BCUT2D eigenvalue weighted by Crippen LogP contribution is -2.24. The molecule has 15 heavy (non-hydrogen) atoms. The van der Waals surface area contributed by atoms with E-state index in [-0.39, 0.29) is 0 Å². The molecule has 2 rings (SSSR count). The normalized spacial score (nSPS) is 14.7. The van der Waals surface area contributed by atoms with E-state index in [0.717, 1.165) is 25.9 Å². The van der Waals surface area contributed by atoms with Crippen LogP contribution in [0.5, 0.6) is 0 Å². The summed E-state index contributed by atoms with van der Waals surface area (Å²) in [5, 5.41) is 3.43. The molecule has 0 radical (unpaired) electrons. The molecule has 0 bridgehead atoms. The number of nitrogens with one attached hydrogen (secondary N) is 1. The maximum Gasteiger partial charge on any atom is 0.0208 e. The monoisotopic (exact) mass is 219 g/mol. The van der Waals surface area contributed by atoms with Crippen LogP contribution >= 0.6 is 11.8 Å². The minimum absolute atomic E-state index is 0.997. The summed E-state index contributed by atoms with van der Waals surface area (Å²) < 4.78 is 0. The van der Waals surface area contributed by atoms with Gasteiger partial charge in [-0.3, -0.25) is 0 Å². The van der Waals surface area contributed by atoms with E-state index in [0.29, 0.717) is 0 Å². The second-order valence-corrected chi connectivity index (χ2v) is 4.72. The van der Waals surface area contributed by atoms with Gasteiger partial charge in [-0.2, -0.15) is 0 Å². The molecule has 80 valence electrons. The molecule has 0 unspecified atom stereocenters. The van der Waals surface area contributed by atoms with Crippen LogP contribution < -0.4 is 5.32 Å². The lowest BCUT2D eigenvalue weighted by atomic mass is 9.94. The zero-order valence-electron chi connectivity index (χ0n) is 9.18. The molecule has 0 aromatic heterocycles. The Kier molecular flexibility index (Phi) is 3.49. The van der Waals surface area contributed by atoms with Gasteiger partial charge in [-0.15, -0.1) is 18.3 Å². The topological polar surface area (TPSA) is 12.0 Å². The Morgan fingerprint density at radius 3 is 3.13 bits per heavy atom. The maximum absolute atomic E-state index is 3.84. The number of hydrogen-bond acceptors (Lipinski definition) is 2. The summed E-state index contributed by atoms with van der Waals surface area (Å²) in [7, 11) is 0. The molecule has 1 aromatic rings. The van der Waals surface area contributed by atoms with Crippen molar-refractivity contribution in [2.24, 2.45) is 0 Å². The predicted molar refractivity (Wildman–Crippen MR) is 67.5 cm³/mol. The third-order valence-corrected chi connectivity index (χ3v) is 3.58. The summed E-state index contributed by atoms with van der Waals surface area (Å²) in [6.07, 6.45) is 6.29. The minimum atomic E-state index is 0.997. The van der Waals surface area contributed by atoms with Crippen molar-refractivity contribution in [3.05, 3.63) is 41.5 Å². The molecular weight excluding hydrogens is 202 g/mol. The molecule has 0 spiro atoms. The van der Waals surface area contributed by atoms with Crippen LogP contribution in [0.1, 0.15) is 16.7 Å². The minimum Gasteiger partial charge on any atom is -0.312 e. The Balaban J connectivity index is 2.45. The summed E-state index contributed by atoms with van der Waals surface area (Å²) in [5.74, 6) is 0. The SMILES string of the molecule is C=CCc1cc(SC)cc2c1CCNC2. The van der Waals surface area contributed by atoms with Gasteiger partial charge in [0.05, 0.1) is 0 Å². The summed E-state index contributed by atoms with van der Waals surface area (Å²) in [5.41, 5.74) is 4.49. The third kappa shape index (κ3) is 2.27. The number of thioether (sulfide) groups is 1. The van der Waals surface area contributed by atoms with Crippen molar-refractivity contribution in [2.75, 3.05) is 12.8 Å². The van der Waals surface area contributed by atoms with Crippen molar-refractivity contribution < 1.29 is 0 Å². The van der Waals surface area contributed by atoms with Crippen LogP contribution in [0.2, 0.25) is 0 Å². The Morgan fingerprint density at radius 2 is 2.40 bits per heavy atom. The van der Waals surface area contributed by atoms with E-state index in [1.165, 1.54) is 16.0 Å². The molecule has 0 atom stereocenters. The van der Waals surface area contributed by atoms with E-state index in [4.69, 9.17) is 0 Å². The van der Waals surface area contributed by atoms with E-state index in [2.05, 4.69) is 30.3 Å². The second-order valence-electron chi connectivity index (χ2n) is 3.84. The van der Waals surface area contributed by atoms with Crippen LogP contribution in [0.4, 0.5) is 0 Å². The van der Waals surface area contributed by atoms with Gasteiger partial charge in [-0.1, -0.05) is 6.08 Å². The quantitative estimate of drug-likeness (QED) is 0.620. The first kappa shape index (κ1) is 10.8. The van der Waals surface area contributed by atoms with Crippen LogP contribution in [-0.2, 0) is 19.4 Å². The standard InChI is InChI=1S/C13H17NS/c1-3-4-10-7-12(15-2)8-11-9-14-6-5-13(10)11/h3,7-8,14H,1,4-6,9H2,2H3. The lowest BCUT2D eigenvalue weighted by molar-refractivity contribution is 0.638. The molecule has 1 aromatic carbocycles. The number of benzene rings is 1. The first-order chi connectivity index (χ1) is 7.35. The summed E-state index contributed by atoms with van der Waals surface area (Å²) in [6.45, 7) is 5.97. The van der Waals surface area contributed by atoms with Crippen molar-refractivity contribution in [2.45, 2.75) is 24.3 Å². The van der Waals surface area contributed by atoms with E-state index < -0.39 is 0 Å². The van der Waals surface area contributed by atoms with Gasteiger partial charge in [0.25, 0.3) is 0 Å². The number of fused-ring (bicyclic) bond motifs is 1. The molecule has 0 amide bonds. The molecule has 1 N–H and O–H groups in total. The van der Waals surface area contributed by atoms with E-state index in [1.807, 2.05) is 17.8 Å². The van der Waals surface area contributed by atoms with Gasteiger partial charge in [0.2, 0.25) is 0 Å². The van der Waals surface area contributed by atoms with Crippen molar-refractivity contribution in [1.29, 1.82) is 0 Å². The summed E-state index contributed by atoms with van der Waals surface area (Å²) >= 11 is 1.82. The molecule has 1 heterocycles. The molecule has 1 aliphatic heterocycles. The van der Waals surface area contributed by atoms with Gasteiger partial charge >= 0.3 is 0 Å². The Labute approximate surface area is 96.0 Å². The molecule has 0 fully saturated rings. The highest BCUT2D eigenvalue weighted by Gasteiger charge is 2.13. The van der Waals surface area contributed by atoms with Crippen LogP contribution in [0.3, 0.4) is 0 Å². The Hall–Kier alpha value is -0.730. The smallest absolute Gasteiger partial charge is 0.0208 e. The van der Waals surface area contributed by atoms with Gasteiger partial charge in [-0.25, -0.2) is 0 Å². The Morgan fingerprint density at radius 1 is 1.53 bits per heavy atom. The van der Waals surface area contributed by atoms with Crippen molar-refractivity contribution in [3.8, 4) is 0 Å². The number of allylic oxidation sites excluding steroid dienone is 1. The largest absolute Gasteiger partial charge is 0.312 e. The maximum atomic E-state index is 3.84. The summed E-state index contributed by atoms with van der Waals surface area (Å²) in [6, 6.07) is 4.63. The zero-order chi connectivity index (χ0) is 10.7. The van der Waals surface area contributed by atoms with Crippen molar-refractivity contribution in [3.63, 3.8) is 0 Å². The number of hydrogen-bond donors (Lipinski definition) is 1. The first-order valence-electron chi connectivity index (χ1n) is 5.35. The van der Waals surface area contributed by atoms with Gasteiger partial charge in [-0.05, 0) is 54.5 Å². The fourth-order valence-corrected chi connectivity index (χ4v) is 2.66. The molecule has 1 aliphatic rings.